The third-order valence-corrected chi connectivity index (χ3v) is 4.28. The second kappa shape index (κ2) is 4.70. The molecule has 2 aromatic heterocycles. The molecule has 2 aromatic rings. The van der Waals surface area contributed by atoms with Gasteiger partial charge in [0.2, 0.25) is 0 Å². The lowest BCUT2D eigenvalue weighted by atomic mass is 9.77. The Balaban J connectivity index is 1.89. The largest absolute Gasteiger partial charge is 0.334 e. The van der Waals surface area contributed by atoms with E-state index in [0.29, 0.717) is 11.7 Å². The van der Waals surface area contributed by atoms with E-state index in [1.165, 1.54) is 0 Å². The molecule has 0 bridgehead atoms. The Morgan fingerprint density at radius 1 is 1.40 bits per heavy atom. The molecule has 0 spiro atoms. The Morgan fingerprint density at radius 3 is 2.70 bits per heavy atom. The van der Waals surface area contributed by atoms with E-state index >= 15 is 0 Å². The molecule has 1 fully saturated rings. The van der Waals surface area contributed by atoms with Crippen LogP contribution in [0.3, 0.4) is 0 Å². The Bertz CT molecular complexity index is 607. The minimum absolute atomic E-state index is 0.440. The second-order valence-electron chi connectivity index (χ2n) is 6.06. The minimum atomic E-state index is -0.440. The highest BCUT2D eigenvalue weighted by Crippen LogP contribution is 2.36. The molecule has 0 amide bonds. The lowest BCUT2D eigenvalue weighted by Gasteiger charge is -2.33. The van der Waals surface area contributed by atoms with Crippen molar-refractivity contribution < 1.29 is 4.52 Å². The zero-order chi connectivity index (χ0) is 14.3. The lowest BCUT2D eigenvalue weighted by Crippen LogP contribution is -2.41. The molecule has 6 nitrogen and oxygen atoms in total. The Hall–Kier alpha value is -1.69. The van der Waals surface area contributed by atoms with Gasteiger partial charge in [-0.1, -0.05) is 12.1 Å². The molecule has 6 heteroatoms. The van der Waals surface area contributed by atoms with E-state index in [0.717, 1.165) is 42.9 Å². The average molecular weight is 275 g/mol. The number of rotatable bonds is 2. The smallest absolute Gasteiger partial charge is 0.261 e. The molecule has 1 aliphatic rings. The maximum atomic E-state index is 6.47. The summed E-state index contributed by atoms with van der Waals surface area (Å²) in [5, 5.41) is 8.41. The van der Waals surface area contributed by atoms with E-state index in [9.17, 15) is 0 Å². The topological polar surface area (TPSA) is 82.8 Å². The molecule has 1 saturated carbocycles. The van der Waals surface area contributed by atoms with Gasteiger partial charge in [-0.05, 0) is 38.5 Å². The summed E-state index contributed by atoms with van der Waals surface area (Å²) in [4.78, 5) is 4.52. The third-order valence-electron chi connectivity index (χ3n) is 4.28. The summed E-state index contributed by atoms with van der Waals surface area (Å²) in [6, 6.07) is 0. The molecule has 0 aliphatic heterocycles. The molecular weight excluding hydrogens is 254 g/mol. The fourth-order valence-corrected chi connectivity index (χ4v) is 2.85. The highest BCUT2D eigenvalue weighted by atomic mass is 16.5. The molecule has 2 heterocycles. The standard InChI is InChI=1S/C14H21N5O/c1-9-4-6-14(15,7-5-9)13-16-12(20-18-13)11-8-19(3)17-10(11)2/h8-9H,4-7,15H2,1-3H3. The second-order valence-corrected chi connectivity index (χ2v) is 6.06. The summed E-state index contributed by atoms with van der Waals surface area (Å²) in [6.45, 7) is 4.19. The van der Waals surface area contributed by atoms with Gasteiger partial charge in [-0.3, -0.25) is 4.68 Å². The van der Waals surface area contributed by atoms with Gasteiger partial charge in [0.15, 0.2) is 5.82 Å². The maximum absolute atomic E-state index is 6.47. The molecule has 1 aliphatic carbocycles. The van der Waals surface area contributed by atoms with E-state index < -0.39 is 5.54 Å². The van der Waals surface area contributed by atoms with Crippen molar-refractivity contribution in [2.75, 3.05) is 0 Å². The predicted molar refractivity (Wildman–Crippen MR) is 74.7 cm³/mol. The first-order chi connectivity index (χ1) is 9.48. The zero-order valence-corrected chi connectivity index (χ0v) is 12.3. The number of nitrogens with zero attached hydrogens (tertiary/aromatic N) is 4. The summed E-state index contributed by atoms with van der Waals surface area (Å²) in [5.41, 5.74) is 7.79. The molecule has 2 N–H and O–H groups in total. The van der Waals surface area contributed by atoms with Gasteiger partial charge >= 0.3 is 0 Å². The van der Waals surface area contributed by atoms with Gasteiger partial charge in [0.1, 0.15) is 0 Å². The van der Waals surface area contributed by atoms with Gasteiger partial charge in [-0.15, -0.1) is 0 Å². The van der Waals surface area contributed by atoms with Crippen LogP contribution in [-0.2, 0) is 12.6 Å². The van der Waals surface area contributed by atoms with Gasteiger partial charge in [-0.25, -0.2) is 0 Å². The Kier molecular flexibility index (Phi) is 3.12. The fraction of sp³-hybridized carbons (Fsp3) is 0.643. The SMILES string of the molecule is Cc1nn(C)cc1-c1nc(C2(N)CCC(C)CC2)no1. The van der Waals surface area contributed by atoms with E-state index in [-0.39, 0.29) is 0 Å². The molecule has 0 saturated heterocycles. The predicted octanol–water partition coefficient (Wildman–Crippen LogP) is 2.14. The summed E-state index contributed by atoms with van der Waals surface area (Å²) in [7, 11) is 1.88. The van der Waals surface area contributed by atoms with Gasteiger partial charge in [0.25, 0.3) is 5.89 Å². The van der Waals surface area contributed by atoms with Crippen LogP contribution < -0.4 is 5.73 Å². The van der Waals surface area contributed by atoms with Crippen LogP contribution in [0.1, 0.15) is 44.1 Å². The summed E-state index contributed by atoms with van der Waals surface area (Å²) < 4.78 is 7.14. The van der Waals surface area contributed by atoms with Crippen molar-refractivity contribution in [2.45, 2.75) is 45.1 Å². The van der Waals surface area contributed by atoms with Gasteiger partial charge < -0.3 is 10.3 Å². The first-order valence-electron chi connectivity index (χ1n) is 7.11. The molecule has 0 atom stereocenters. The van der Waals surface area contributed by atoms with Crippen LogP contribution in [0.5, 0.6) is 0 Å². The highest BCUT2D eigenvalue weighted by molar-refractivity contribution is 5.54. The van der Waals surface area contributed by atoms with Crippen molar-refractivity contribution in [2.24, 2.45) is 18.7 Å². The Labute approximate surface area is 118 Å². The molecular formula is C14H21N5O. The minimum Gasteiger partial charge on any atom is -0.334 e. The van der Waals surface area contributed by atoms with Crippen LogP contribution in [0.2, 0.25) is 0 Å². The summed E-state index contributed by atoms with van der Waals surface area (Å²) >= 11 is 0. The first-order valence-corrected chi connectivity index (χ1v) is 7.11. The van der Waals surface area contributed by atoms with Crippen LogP contribution >= 0.6 is 0 Å². The quantitative estimate of drug-likeness (QED) is 0.908. The van der Waals surface area contributed by atoms with Gasteiger partial charge in [0, 0.05) is 13.2 Å². The monoisotopic (exact) mass is 275 g/mol. The van der Waals surface area contributed by atoms with E-state index in [1.54, 1.807) is 4.68 Å². The van der Waals surface area contributed by atoms with Crippen molar-refractivity contribution in [3.8, 4) is 11.5 Å². The van der Waals surface area contributed by atoms with E-state index in [4.69, 9.17) is 10.3 Å². The molecule has 0 radical (unpaired) electrons. The number of hydrogen-bond acceptors (Lipinski definition) is 5. The number of nitrogens with two attached hydrogens (primary N) is 1. The van der Waals surface area contributed by atoms with E-state index in [2.05, 4.69) is 22.2 Å². The van der Waals surface area contributed by atoms with Crippen molar-refractivity contribution in [3.05, 3.63) is 17.7 Å². The number of aromatic nitrogens is 4. The van der Waals surface area contributed by atoms with Crippen LogP contribution in [-0.4, -0.2) is 19.9 Å². The summed E-state index contributed by atoms with van der Waals surface area (Å²) in [6.07, 6.45) is 5.95. The average Bonchev–Trinajstić information content (AvgIpc) is 3.00. The highest BCUT2D eigenvalue weighted by Gasteiger charge is 2.36. The van der Waals surface area contributed by atoms with Crippen LogP contribution in [0.4, 0.5) is 0 Å². The van der Waals surface area contributed by atoms with Gasteiger partial charge in [0.05, 0.1) is 16.8 Å². The molecule has 0 unspecified atom stereocenters. The molecule has 108 valence electrons. The maximum Gasteiger partial charge on any atom is 0.261 e. The van der Waals surface area contributed by atoms with E-state index in [1.807, 2.05) is 20.2 Å². The molecule has 3 rings (SSSR count). The zero-order valence-electron chi connectivity index (χ0n) is 12.3. The number of aryl methyl sites for hydroxylation is 2. The van der Waals surface area contributed by atoms with Crippen LogP contribution in [0, 0.1) is 12.8 Å². The van der Waals surface area contributed by atoms with Crippen molar-refractivity contribution in [1.82, 2.24) is 19.9 Å². The van der Waals surface area contributed by atoms with Crippen molar-refractivity contribution in [1.29, 1.82) is 0 Å². The number of hydrogen-bond donors (Lipinski definition) is 1. The summed E-state index contributed by atoms with van der Waals surface area (Å²) in [5.74, 6) is 1.87. The Morgan fingerprint density at radius 2 is 2.10 bits per heavy atom. The lowest BCUT2D eigenvalue weighted by molar-refractivity contribution is 0.230. The van der Waals surface area contributed by atoms with Crippen LogP contribution in [0.15, 0.2) is 10.7 Å². The third kappa shape index (κ3) is 2.24. The van der Waals surface area contributed by atoms with Crippen LogP contribution in [0.25, 0.3) is 11.5 Å². The first kappa shape index (κ1) is 13.3. The molecule has 20 heavy (non-hydrogen) atoms. The normalized spacial score (nSPS) is 26.9. The molecule has 0 aromatic carbocycles. The van der Waals surface area contributed by atoms with Crippen molar-refractivity contribution in [3.63, 3.8) is 0 Å². The fourth-order valence-electron chi connectivity index (χ4n) is 2.85. The van der Waals surface area contributed by atoms with Gasteiger partial charge in [-0.2, -0.15) is 10.1 Å². The van der Waals surface area contributed by atoms with Crippen molar-refractivity contribution >= 4 is 0 Å².